The van der Waals surface area contributed by atoms with Gasteiger partial charge >= 0.3 is 6.18 Å². The second-order valence-corrected chi connectivity index (χ2v) is 6.76. The monoisotopic (exact) mass is 369 g/mol. The van der Waals surface area contributed by atoms with Crippen LogP contribution in [0.25, 0.3) is 11.0 Å². The van der Waals surface area contributed by atoms with Gasteiger partial charge in [-0.25, -0.2) is 4.98 Å². The first kappa shape index (κ1) is 17.4. The highest BCUT2D eigenvalue weighted by Crippen LogP contribution is 2.23. The molecule has 2 heterocycles. The molecule has 0 spiro atoms. The van der Waals surface area contributed by atoms with Crippen LogP contribution in [0.1, 0.15) is 11.3 Å². The van der Waals surface area contributed by atoms with Crippen molar-refractivity contribution < 1.29 is 22.1 Å². The van der Waals surface area contributed by atoms with Crippen LogP contribution in [0.5, 0.6) is 5.75 Å². The van der Waals surface area contributed by atoms with E-state index < -0.39 is 23.6 Å². The standard InChI is InChI=1S/C16H14F3N3O2S/c1-10-7-20-11(6-14(10)24-9-16(17,18)19)8-25(23)15-21-12-4-2-3-5-13(12)22-15/h2-7H,8-9H2,1H3,(H,21,22). The van der Waals surface area contributed by atoms with Crippen LogP contribution in [0.4, 0.5) is 13.2 Å². The number of rotatable bonds is 5. The van der Waals surface area contributed by atoms with Gasteiger partial charge in [0.25, 0.3) is 0 Å². The summed E-state index contributed by atoms with van der Waals surface area (Å²) in [5.74, 6) is 0.0894. The van der Waals surface area contributed by atoms with Gasteiger partial charge in [0.05, 0.1) is 33.3 Å². The normalized spacial score (nSPS) is 13.1. The number of aromatic nitrogens is 3. The van der Waals surface area contributed by atoms with Gasteiger partial charge in [0.2, 0.25) is 0 Å². The zero-order valence-corrected chi connectivity index (χ0v) is 13.9. The van der Waals surface area contributed by atoms with E-state index in [1.807, 2.05) is 18.2 Å². The second-order valence-electron chi connectivity index (χ2n) is 5.39. The number of hydrogen-bond donors (Lipinski definition) is 1. The summed E-state index contributed by atoms with van der Waals surface area (Å²) in [6.07, 6.45) is -3.02. The zero-order valence-electron chi connectivity index (χ0n) is 13.1. The number of halogens is 3. The molecule has 2 aromatic heterocycles. The van der Waals surface area contributed by atoms with E-state index in [9.17, 15) is 17.4 Å². The van der Waals surface area contributed by atoms with Crippen molar-refractivity contribution >= 4 is 21.8 Å². The molecule has 1 N–H and O–H groups in total. The highest BCUT2D eigenvalue weighted by Gasteiger charge is 2.28. The summed E-state index contributed by atoms with van der Waals surface area (Å²) in [5, 5.41) is 0.293. The maximum atomic E-state index is 12.5. The lowest BCUT2D eigenvalue weighted by Crippen LogP contribution is -2.19. The number of benzene rings is 1. The van der Waals surface area contributed by atoms with Gasteiger partial charge < -0.3 is 9.72 Å². The van der Waals surface area contributed by atoms with Gasteiger partial charge in [0, 0.05) is 17.8 Å². The maximum Gasteiger partial charge on any atom is 0.422 e. The fraction of sp³-hybridized carbons (Fsp3) is 0.250. The fourth-order valence-corrected chi connectivity index (χ4v) is 3.17. The van der Waals surface area contributed by atoms with Crippen molar-refractivity contribution in [2.24, 2.45) is 0 Å². The van der Waals surface area contributed by atoms with Gasteiger partial charge in [0.1, 0.15) is 5.75 Å². The molecule has 1 atom stereocenters. The number of pyridine rings is 1. The number of aryl methyl sites for hydroxylation is 1. The van der Waals surface area contributed by atoms with Gasteiger partial charge in [-0.3, -0.25) is 9.19 Å². The SMILES string of the molecule is Cc1cnc(CS(=O)c2nc3ccccc3[nH]2)cc1OCC(F)(F)F. The molecule has 9 heteroatoms. The lowest BCUT2D eigenvalue weighted by molar-refractivity contribution is -0.153. The molecule has 25 heavy (non-hydrogen) atoms. The first-order chi connectivity index (χ1) is 11.8. The van der Waals surface area contributed by atoms with Gasteiger partial charge in [-0.1, -0.05) is 12.1 Å². The Morgan fingerprint density at radius 1 is 1.28 bits per heavy atom. The van der Waals surface area contributed by atoms with E-state index in [1.54, 1.807) is 13.0 Å². The molecule has 0 amide bonds. The maximum absolute atomic E-state index is 12.5. The molecular formula is C16H14F3N3O2S. The molecule has 0 radical (unpaired) electrons. The molecule has 0 bridgehead atoms. The van der Waals surface area contributed by atoms with E-state index >= 15 is 0 Å². The molecule has 0 aliphatic carbocycles. The first-order valence-corrected chi connectivity index (χ1v) is 8.62. The van der Waals surface area contributed by atoms with Crippen molar-refractivity contribution in [3.05, 3.63) is 47.8 Å². The molecule has 1 unspecified atom stereocenters. The number of para-hydroxylation sites is 2. The number of aromatic amines is 1. The predicted molar refractivity (Wildman–Crippen MR) is 86.7 cm³/mol. The molecule has 132 valence electrons. The van der Waals surface area contributed by atoms with Crippen molar-refractivity contribution in [3.8, 4) is 5.75 Å². The Morgan fingerprint density at radius 3 is 2.76 bits per heavy atom. The summed E-state index contributed by atoms with van der Waals surface area (Å²) in [4.78, 5) is 11.3. The third-order valence-corrected chi connectivity index (χ3v) is 4.55. The van der Waals surface area contributed by atoms with Gasteiger partial charge in [-0.05, 0) is 19.1 Å². The van der Waals surface area contributed by atoms with Crippen LogP contribution in [0.2, 0.25) is 0 Å². The smallest absolute Gasteiger partial charge is 0.422 e. The summed E-state index contributed by atoms with van der Waals surface area (Å²) in [6.45, 7) is 0.211. The van der Waals surface area contributed by atoms with Gasteiger partial charge in [-0.15, -0.1) is 0 Å². The van der Waals surface area contributed by atoms with Gasteiger partial charge in [0.15, 0.2) is 11.8 Å². The van der Waals surface area contributed by atoms with Crippen LogP contribution in [0.3, 0.4) is 0 Å². The van der Waals surface area contributed by atoms with E-state index in [4.69, 9.17) is 4.74 Å². The highest BCUT2D eigenvalue weighted by molar-refractivity contribution is 7.84. The Hall–Kier alpha value is -2.42. The van der Waals surface area contributed by atoms with Gasteiger partial charge in [-0.2, -0.15) is 13.2 Å². The van der Waals surface area contributed by atoms with Crippen LogP contribution in [0, 0.1) is 6.92 Å². The van der Waals surface area contributed by atoms with E-state index in [0.717, 1.165) is 5.52 Å². The van der Waals surface area contributed by atoms with Crippen LogP contribution in [-0.4, -0.2) is 31.9 Å². The van der Waals surface area contributed by atoms with Crippen molar-refractivity contribution in [2.75, 3.05) is 6.61 Å². The largest absolute Gasteiger partial charge is 0.484 e. The van der Waals surface area contributed by atoms with E-state index in [-0.39, 0.29) is 11.5 Å². The summed E-state index contributed by atoms with van der Waals surface area (Å²) >= 11 is 0. The summed E-state index contributed by atoms with van der Waals surface area (Å²) in [7, 11) is -1.51. The van der Waals surface area contributed by atoms with E-state index in [0.29, 0.717) is 21.9 Å². The number of ether oxygens (including phenoxy) is 1. The summed E-state index contributed by atoms with van der Waals surface area (Å²) < 4.78 is 54.2. The number of nitrogens with zero attached hydrogens (tertiary/aromatic N) is 2. The number of alkyl halides is 3. The Kier molecular flexibility index (Phi) is 4.76. The Balaban J connectivity index is 1.76. The predicted octanol–water partition coefficient (Wildman–Crippen LogP) is 3.52. The highest BCUT2D eigenvalue weighted by atomic mass is 32.2. The molecule has 0 saturated carbocycles. The van der Waals surface area contributed by atoms with Crippen LogP contribution in [0.15, 0.2) is 41.7 Å². The molecule has 5 nitrogen and oxygen atoms in total. The minimum atomic E-state index is -4.42. The topological polar surface area (TPSA) is 67.9 Å². The van der Waals surface area contributed by atoms with Crippen molar-refractivity contribution in [1.82, 2.24) is 15.0 Å². The Morgan fingerprint density at radius 2 is 2.04 bits per heavy atom. The van der Waals surface area contributed by atoms with Crippen molar-refractivity contribution in [3.63, 3.8) is 0 Å². The Bertz CT molecular complexity index is 891. The van der Waals surface area contributed by atoms with Crippen molar-refractivity contribution in [2.45, 2.75) is 24.0 Å². The van der Waals surface area contributed by atoms with Crippen LogP contribution < -0.4 is 4.74 Å². The fourth-order valence-electron chi connectivity index (χ4n) is 2.18. The van der Waals surface area contributed by atoms with E-state index in [2.05, 4.69) is 15.0 Å². The third kappa shape index (κ3) is 4.36. The first-order valence-electron chi connectivity index (χ1n) is 7.30. The molecule has 0 fully saturated rings. The minimum Gasteiger partial charge on any atom is -0.484 e. The molecular weight excluding hydrogens is 355 g/mol. The number of nitrogens with one attached hydrogen (secondary N) is 1. The number of imidazole rings is 1. The second kappa shape index (κ2) is 6.83. The van der Waals surface area contributed by atoms with Crippen LogP contribution >= 0.6 is 0 Å². The lowest BCUT2D eigenvalue weighted by Gasteiger charge is -2.12. The molecule has 0 saturated heterocycles. The zero-order chi connectivity index (χ0) is 18.0. The molecule has 3 rings (SSSR count). The van der Waals surface area contributed by atoms with Crippen molar-refractivity contribution in [1.29, 1.82) is 0 Å². The average molecular weight is 369 g/mol. The number of H-pyrrole nitrogens is 1. The van der Waals surface area contributed by atoms with E-state index in [1.165, 1.54) is 12.3 Å². The quantitative estimate of drug-likeness (QED) is 0.747. The average Bonchev–Trinajstić information content (AvgIpc) is 2.99. The Labute approximate surface area is 143 Å². The molecule has 0 aliphatic rings. The lowest BCUT2D eigenvalue weighted by atomic mass is 10.2. The van der Waals surface area contributed by atoms with Crippen LogP contribution in [-0.2, 0) is 16.6 Å². The number of hydrogen-bond acceptors (Lipinski definition) is 4. The summed E-state index contributed by atoms with van der Waals surface area (Å²) in [6, 6.07) is 8.64. The molecule has 0 aliphatic heterocycles. The number of fused-ring (bicyclic) bond motifs is 1. The molecule has 1 aromatic carbocycles. The summed E-state index contributed by atoms with van der Waals surface area (Å²) in [5.41, 5.74) is 2.29. The molecule has 3 aromatic rings. The third-order valence-electron chi connectivity index (χ3n) is 3.36. The minimum absolute atomic E-state index is 0.0163.